The highest BCUT2D eigenvalue weighted by molar-refractivity contribution is 5.80. The van der Waals surface area contributed by atoms with E-state index in [-0.39, 0.29) is 29.8 Å². The number of rotatable bonds is 2. The number of ether oxygens (including phenoxy) is 1. The maximum Gasteiger partial charge on any atom is 0.229 e. The van der Waals surface area contributed by atoms with Crippen LogP contribution in [0.4, 0.5) is 0 Å². The van der Waals surface area contributed by atoms with E-state index in [0.29, 0.717) is 26.3 Å². The second-order valence-corrected chi connectivity index (χ2v) is 5.11. The Morgan fingerprint density at radius 1 is 1.28 bits per heavy atom. The number of likely N-dealkylation sites (tertiary alicyclic amines) is 1. The van der Waals surface area contributed by atoms with Gasteiger partial charge < -0.3 is 20.7 Å². The van der Waals surface area contributed by atoms with Gasteiger partial charge in [0.05, 0.1) is 19.1 Å². The second kappa shape index (κ2) is 5.67. The molecule has 0 aromatic rings. The summed E-state index contributed by atoms with van der Waals surface area (Å²) in [6.07, 6.45) is 1.63. The Morgan fingerprint density at radius 3 is 2.44 bits per heavy atom. The van der Waals surface area contributed by atoms with E-state index in [0.717, 1.165) is 12.8 Å². The van der Waals surface area contributed by atoms with E-state index < -0.39 is 0 Å². The molecule has 2 rings (SSSR count). The number of nitrogens with two attached hydrogens (primary N) is 1. The van der Waals surface area contributed by atoms with E-state index in [1.54, 1.807) is 0 Å². The smallest absolute Gasteiger partial charge is 0.229 e. The quantitative estimate of drug-likeness (QED) is 0.669. The van der Waals surface area contributed by atoms with Gasteiger partial charge in [0.25, 0.3) is 0 Å². The van der Waals surface area contributed by atoms with Gasteiger partial charge in [0.1, 0.15) is 0 Å². The lowest BCUT2D eigenvalue weighted by Gasteiger charge is -2.34. The van der Waals surface area contributed by atoms with Crippen LogP contribution in [0.3, 0.4) is 0 Å². The fourth-order valence-corrected chi connectivity index (χ4v) is 2.59. The molecule has 2 heterocycles. The topological polar surface area (TPSA) is 84.7 Å². The van der Waals surface area contributed by atoms with Crippen LogP contribution < -0.4 is 11.1 Å². The van der Waals surface area contributed by atoms with Crippen molar-refractivity contribution in [2.24, 2.45) is 11.7 Å². The predicted molar refractivity (Wildman–Crippen MR) is 65.7 cm³/mol. The Morgan fingerprint density at radius 2 is 1.94 bits per heavy atom. The molecule has 2 amide bonds. The van der Waals surface area contributed by atoms with E-state index in [2.05, 4.69) is 5.32 Å². The van der Waals surface area contributed by atoms with Crippen LogP contribution in [0.25, 0.3) is 0 Å². The molecule has 0 radical (unpaired) electrons. The van der Waals surface area contributed by atoms with Gasteiger partial charge in [-0.05, 0) is 12.8 Å². The van der Waals surface area contributed by atoms with Crippen molar-refractivity contribution in [3.05, 3.63) is 0 Å². The first-order valence-electron chi connectivity index (χ1n) is 6.47. The minimum atomic E-state index is -0.192. The average molecular weight is 255 g/mol. The molecule has 2 atom stereocenters. The number of nitrogens with zero attached hydrogens (tertiary/aromatic N) is 1. The summed E-state index contributed by atoms with van der Waals surface area (Å²) >= 11 is 0. The van der Waals surface area contributed by atoms with Crippen molar-refractivity contribution in [2.75, 3.05) is 26.3 Å². The lowest BCUT2D eigenvalue weighted by molar-refractivity contribution is -0.137. The summed E-state index contributed by atoms with van der Waals surface area (Å²) in [7, 11) is 0. The lowest BCUT2D eigenvalue weighted by Crippen LogP contribution is -2.50. The number of piperidine rings is 1. The highest BCUT2D eigenvalue weighted by atomic mass is 16.5. The van der Waals surface area contributed by atoms with Gasteiger partial charge in [-0.3, -0.25) is 9.59 Å². The molecule has 0 aromatic heterocycles. The monoisotopic (exact) mass is 255 g/mol. The van der Waals surface area contributed by atoms with Crippen molar-refractivity contribution in [3.63, 3.8) is 0 Å². The fraction of sp³-hybridized carbons (Fsp3) is 0.833. The van der Waals surface area contributed by atoms with Gasteiger partial charge in [-0.25, -0.2) is 0 Å². The van der Waals surface area contributed by atoms with Crippen LogP contribution >= 0.6 is 0 Å². The van der Waals surface area contributed by atoms with Crippen LogP contribution in [-0.4, -0.2) is 55.1 Å². The third-order valence-corrected chi connectivity index (χ3v) is 3.66. The molecule has 6 nitrogen and oxygen atoms in total. The van der Waals surface area contributed by atoms with E-state index >= 15 is 0 Å². The third-order valence-electron chi connectivity index (χ3n) is 3.66. The van der Waals surface area contributed by atoms with Gasteiger partial charge in [0.2, 0.25) is 11.8 Å². The van der Waals surface area contributed by atoms with Gasteiger partial charge in [0.15, 0.2) is 0 Å². The molecule has 2 unspecified atom stereocenters. The first-order chi connectivity index (χ1) is 8.58. The minimum absolute atomic E-state index is 0.00834. The maximum absolute atomic E-state index is 12.2. The predicted octanol–water partition coefficient (Wildman–Crippen LogP) is -0.913. The van der Waals surface area contributed by atoms with Gasteiger partial charge in [-0.2, -0.15) is 0 Å². The Labute approximate surface area is 107 Å². The fourth-order valence-electron chi connectivity index (χ4n) is 2.59. The van der Waals surface area contributed by atoms with Crippen molar-refractivity contribution < 1.29 is 14.3 Å². The first kappa shape index (κ1) is 13.3. The number of carbonyl (C=O) groups is 2. The SMILES string of the molecule is CC(=O)NC1CCN(C(=O)C2COCC2N)CC1. The average Bonchev–Trinajstić information content (AvgIpc) is 2.75. The number of amides is 2. The van der Waals surface area contributed by atoms with Gasteiger partial charge in [-0.1, -0.05) is 0 Å². The third kappa shape index (κ3) is 3.00. The summed E-state index contributed by atoms with van der Waals surface area (Å²) in [5, 5.41) is 2.89. The van der Waals surface area contributed by atoms with Crippen LogP contribution in [-0.2, 0) is 14.3 Å². The number of hydrogen-bond acceptors (Lipinski definition) is 4. The maximum atomic E-state index is 12.2. The standard InChI is InChI=1S/C12H21N3O3/c1-8(16)14-9-2-4-15(5-3-9)12(17)10-6-18-7-11(10)13/h9-11H,2-7,13H2,1H3,(H,14,16). The molecule has 2 fully saturated rings. The number of nitrogens with one attached hydrogen (secondary N) is 1. The molecule has 18 heavy (non-hydrogen) atoms. The molecule has 0 saturated carbocycles. The largest absolute Gasteiger partial charge is 0.379 e. The highest BCUT2D eigenvalue weighted by Gasteiger charge is 2.35. The van der Waals surface area contributed by atoms with Gasteiger partial charge >= 0.3 is 0 Å². The molecule has 102 valence electrons. The molecule has 0 aromatic carbocycles. The molecular formula is C12H21N3O3. The summed E-state index contributed by atoms with van der Waals surface area (Å²) < 4.78 is 5.23. The molecule has 0 bridgehead atoms. The summed E-state index contributed by atoms with van der Waals surface area (Å²) in [6.45, 7) is 3.80. The lowest BCUT2D eigenvalue weighted by atomic mass is 9.99. The molecule has 0 aliphatic carbocycles. The molecule has 6 heteroatoms. The Balaban J connectivity index is 1.82. The zero-order valence-electron chi connectivity index (χ0n) is 10.7. The van der Waals surface area contributed by atoms with Crippen LogP contribution in [0.1, 0.15) is 19.8 Å². The van der Waals surface area contributed by atoms with Crippen LogP contribution in [0, 0.1) is 5.92 Å². The molecule has 2 aliphatic rings. The van der Waals surface area contributed by atoms with Crippen LogP contribution in [0.5, 0.6) is 0 Å². The van der Waals surface area contributed by atoms with E-state index in [4.69, 9.17) is 10.5 Å². The van der Waals surface area contributed by atoms with Crippen LogP contribution in [0.15, 0.2) is 0 Å². The molecule has 3 N–H and O–H groups in total. The summed E-state index contributed by atoms with van der Waals surface area (Å²) in [6, 6.07) is 0.0191. The summed E-state index contributed by atoms with van der Waals surface area (Å²) in [4.78, 5) is 25.0. The zero-order chi connectivity index (χ0) is 13.1. The van der Waals surface area contributed by atoms with E-state index in [1.807, 2.05) is 4.90 Å². The Kier molecular flexibility index (Phi) is 4.19. The second-order valence-electron chi connectivity index (χ2n) is 5.11. The summed E-state index contributed by atoms with van der Waals surface area (Å²) in [5.41, 5.74) is 5.85. The number of carbonyl (C=O) groups excluding carboxylic acids is 2. The normalized spacial score (nSPS) is 29.3. The van der Waals surface area contributed by atoms with Gasteiger partial charge in [0, 0.05) is 32.1 Å². The van der Waals surface area contributed by atoms with E-state index in [9.17, 15) is 9.59 Å². The van der Waals surface area contributed by atoms with Crippen molar-refractivity contribution in [1.29, 1.82) is 0 Å². The minimum Gasteiger partial charge on any atom is -0.379 e. The van der Waals surface area contributed by atoms with Crippen molar-refractivity contribution >= 4 is 11.8 Å². The molecular weight excluding hydrogens is 234 g/mol. The van der Waals surface area contributed by atoms with Crippen molar-refractivity contribution in [3.8, 4) is 0 Å². The molecule has 2 aliphatic heterocycles. The van der Waals surface area contributed by atoms with E-state index in [1.165, 1.54) is 6.92 Å². The van der Waals surface area contributed by atoms with Crippen molar-refractivity contribution in [1.82, 2.24) is 10.2 Å². The van der Waals surface area contributed by atoms with Gasteiger partial charge in [-0.15, -0.1) is 0 Å². The Bertz CT molecular complexity index is 327. The first-order valence-corrected chi connectivity index (χ1v) is 6.47. The van der Waals surface area contributed by atoms with Crippen LogP contribution in [0.2, 0.25) is 0 Å². The van der Waals surface area contributed by atoms with Crippen molar-refractivity contribution in [2.45, 2.75) is 31.8 Å². The Hall–Kier alpha value is -1.14. The molecule has 0 spiro atoms. The highest BCUT2D eigenvalue weighted by Crippen LogP contribution is 2.18. The summed E-state index contributed by atoms with van der Waals surface area (Å²) in [5.74, 6) is -0.102. The molecule has 2 saturated heterocycles. The number of hydrogen-bond donors (Lipinski definition) is 2. The zero-order valence-corrected chi connectivity index (χ0v) is 10.7.